The highest BCUT2D eigenvalue weighted by Crippen LogP contribution is 2.26. The molecule has 0 bridgehead atoms. The van der Waals surface area contributed by atoms with E-state index >= 15 is 0 Å². The van der Waals surface area contributed by atoms with Gasteiger partial charge in [0.15, 0.2) is 0 Å². The van der Waals surface area contributed by atoms with Gasteiger partial charge in [0.2, 0.25) is 0 Å². The van der Waals surface area contributed by atoms with Crippen LogP contribution < -0.4 is 5.32 Å². The predicted molar refractivity (Wildman–Crippen MR) is 63.0 cm³/mol. The van der Waals surface area contributed by atoms with Gasteiger partial charge in [0, 0.05) is 19.2 Å². The second-order valence-corrected chi connectivity index (χ2v) is 5.14. The maximum atomic E-state index is 5.82. The molecule has 0 amide bonds. The van der Waals surface area contributed by atoms with Crippen LogP contribution in [-0.2, 0) is 4.74 Å². The van der Waals surface area contributed by atoms with Crippen molar-refractivity contribution in [1.82, 2.24) is 5.32 Å². The molecule has 2 heteroatoms. The van der Waals surface area contributed by atoms with E-state index in [1.54, 1.807) is 0 Å². The Morgan fingerprint density at radius 1 is 1.20 bits per heavy atom. The number of nitrogens with one attached hydrogen (secondary N) is 1. The minimum Gasteiger partial charge on any atom is -0.378 e. The molecule has 1 saturated heterocycles. The van der Waals surface area contributed by atoms with Gasteiger partial charge in [-0.1, -0.05) is 26.2 Å². The van der Waals surface area contributed by atoms with E-state index in [0.29, 0.717) is 6.10 Å². The van der Waals surface area contributed by atoms with Crippen LogP contribution in [0, 0.1) is 5.92 Å². The zero-order valence-corrected chi connectivity index (χ0v) is 10.0. The minimum atomic E-state index is 0.558. The van der Waals surface area contributed by atoms with Gasteiger partial charge >= 0.3 is 0 Å². The van der Waals surface area contributed by atoms with Crippen molar-refractivity contribution in [2.75, 3.05) is 13.2 Å². The lowest BCUT2D eigenvalue weighted by molar-refractivity contribution is 0.0809. The highest BCUT2D eigenvalue weighted by atomic mass is 16.5. The summed E-state index contributed by atoms with van der Waals surface area (Å²) in [5, 5.41) is 3.64. The zero-order valence-electron chi connectivity index (χ0n) is 10.0. The van der Waals surface area contributed by atoms with Crippen LogP contribution in [0.2, 0.25) is 0 Å². The van der Waals surface area contributed by atoms with Gasteiger partial charge in [0.1, 0.15) is 0 Å². The number of ether oxygens (including phenoxy) is 1. The highest BCUT2D eigenvalue weighted by Gasteiger charge is 2.29. The summed E-state index contributed by atoms with van der Waals surface area (Å²) in [4.78, 5) is 0. The molecule has 0 spiro atoms. The zero-order chi connectivity index (χ0) is 10.5. The molecule has 1 saturated carbocycles. The monoisotopic (exact) mass is 211 g/mol. The van der Waals surface area contributed by atoms with Gasteiger partial charge in [-0.15, -0.1) is 0 Å². The van der Waals surface area contributed by atoms with Crippen LogP contribution in [-0.4, -0.2) is 25.3 Å². The van der Waals surface area contributed by atoms with Crippen LogP contribution in [0.4, 0.5) is 0 Å². The van der Waals surface area contributed by atoms with Gasteiger partial charge in [0.25, 0.3) is 0 Å². The summed E-state index contributed by atoms with van der Waals surface area (Å²) in [5.74, 6) is 0.794. The van der Waals surface area contributed by atoms with Crippen LogP contribution in [0.3, 0.4) is 0 Å². The van der Waals surface area contributed by atoms with Crippen LogP contribution >= 0.6 is 0 Å². The summed E-state index contributed by atoms with van der Waals surface area (Å²) in [6, 6.07) is 0.849. The third-order valence-corrected chi connectivity index (χ3v) is 3.68. The Kier molecular flexibility index (Phi) is 4.45. The van der Waals surface area contributed by atoms with Gasteiger partial charge < -0.3 is 10.1 Å². The van der Waals surface area contributed by atoms with Gasteiger partial charge in [-0.3, -0.25) is 0 Å². The van der Waals surface area contributed by atoms with Crippen molar-refractivity contribution in [3.63, 3.8) is 0 Å². The molecule has 0 radical (unpaired) electrons. The fourth-order valence-electron chi connectivity index (χ4n) is 2.45. The van der Waals surface area contributed by atoms with E-state index in [9.17, 15) is 0 Å². The molecule has 1 N–H and O–H groups in total. The topological polar surface area (TPSA) is 21.3 Å². The van der Waals surface area contributed by atoms with Crippen LogP contribution in [0.15, 0.2) is 0 Å². The molecular weight excluding hydrogens is 186 g/mol. The third kappa shape index (κ3) is 3.76. The van der Waals surface area contributed by atoms with Crippen molar-refractivity contribution < 1.29 is 4.74 Å². The van der Waals surface area contributed by atoms with Crippen LogP contribution in [0.5, 0.6) is 0 Å². The van der Waals surface area contributed by atoms with Crippen molar-refractivity contribution in [2.45, 2.75) is 64.0 Å². The summed E-state index contributed by atoms with van der Waals surface area (Å²) in [7, 11) is 0. The molecule has 2 rings (SSSR count). The molecule has 2 unspecified atom stereocenters. The van der Waals surface area contributed by atoms with Crippen LogP contribution in [0.25, 0.3) is 0 Å². The first-order valence-corrected chi connectivity index (χ1v) is 6.75. The van der Waals surface area contributed by atoms with Crippen molar-refractivity contribution in [2.24, 2.45) is 5.92 Å². The van der Waals surface area contributed by atoms with Crippen LogP contribution in [0.1, 0.15) is 51.9 Å². The molecule has 0 aromatic heterocycles. The average molecular weight is 211 g/mol. The number of rotatable bonds is 7. The molecule has 1 heterocycles. The summed E-state index contributed by atoms with van der Waals surface area (Å²) in [6.45, 7) is 4.46. The van der Waals surface area contributed by atoms with E-state index in [1.807, 2.05) is 0 Å². The fourth-order valence-corrected chi connectivity index (χ4v) is 2.45. The van der Waals surface area contributed by atoms with Crippen molar-refractivity contribution in [3.8, 4) is 0 Å². The summed E-state index contributed by atoms with van der Waals surface area (Å²) < 4.78 is 5.82. The van der Waals surface area contributed by atoms with E-state index < -0.39 is 0 Å². The van der Waals surface area contributed by atoms with E-state index in [1.165, 1.54) is 51.5 Å². The maximum Gasteiger partial charge on any atom is 0.0616 e. The van der Waals surface area contributed by atoms with Gasteiger partial charge in [0.05, 0.1) is 6.10 Å². The average Bonchev–Trinajstić information content (AvgIpc) is 2.97. The molecule has 88 valence electrons. The Morgan fingerprint density at radius 2 is 2.07 bits per heavy atom. The maximum absolute atomic E-state index is 5.82. The summed E-state index contributed by atoms with van der Waals surface area (Å²) in [6.07, 6.45) is 9.94. The van der Waals surface area contributed by atoms with Gasteiger partial charge in [-0.05, 0) is 31.6 Å². The van der Waals surface area contributed by atoms with Gasteiger partial charge in [-0.25, -0.2) is 0 Å². The quantitative estimate of drug-likeness (QED) is 0.654. The second kappa shape index (κ2) is 5.86. The van der Waals surface area contributed by atoms with Gasteiger partial charge in [-0.2, -0.15) is 0 Å². The Balaban J connectivity index is 1.62. The van der Waals surface area contributed by atoms with E-state index in [2.05, 4.69) is 12.2 Å². The molecule has 2 aliphatic rings. The summed E-state index contributed by atoms with van der Waals surface area (Å²) in [5.41, 5.74) is 0. The molecule has 15 heavy (non-hydrogen) atoms. The lowest BCUT2D eigenvalue weighted by atomic mass is 9.97. The first-order chi connectivity index (χ1) is 7.40. The smallest absolute Gasteiger partial charge is 0.0616 e. The normalized spacial score (nSPS) is 31.0. The highest BCUT2D eigenvalue weighted by molar-refractivity contribution is 4.85. The Morgan fingerprint density at radius 3 is 2.80 bits per heavy atom. The molecule has 2 atom stereocenters. The van der Waals surface area contributed by atoms with Crippen molar-refractivity contribution in [3.05, 3.63) is 0 Å². The summed E-state index contributed by atoms with van der Waals surface area (Å²) >= 11 is 0. The lowest BCUT2D eigenvalue weighted by Crippen LogP contribution is -2.29. The largest absolute Gasteiger partial charge is 0.378 e. The first-order valence-electron chi connectivity index (χ1n) is 6.75. The third-order valence-electron chi connectivity index (χ3n) is 3.68. The SMILES string of the molecule is CCCCCC1OCCC1CNC1CC1. The Hall–Kier alpha value is -0.0800. The molecule has 0 aromatic rings. The fraction of sp³-hybridized carbons (Fsp3) is 1.00. The standard InChI is InChI=1S/C13H25NO/c1-2-3-4-5-13-11(8-9-15-13)10-14-12-6-7-12/h11-14H,2-10H2,1H3. The number of hydrogen-bond acceptors (Lipinski definition) is 2. The first kappa shape index (κ1) is 11.4. The Bertz CT molecular complexity index is 179. The minimum absolute atomic E-state index is 0.558. The number of hydrogen-bond donors (Lipinski definition) is 1. The second-order valence-electron chi connectivity index (χ2n) is 5.14. The molecular formula is C13H25NO. The molecule has 1 aliphatic heterocycles. The van der Waals surface area contributed by atoms with Crippen molar-refractivity contribution in [1.29, 1.82) is 0 Å². The number of unbranched alkanes of at least 4 members (excludes halogenated alkanes) is 2. The lowest BCUT2D eigenvalue weighted by Gasteiger charge is -2.18. The van der Waals surface area contributed by atoms with E-state index in [-0.39, 0.29) is 0 Å². The van der Waals surface area contributed by atoms with E-state index in [0.717, 1.165) is 18.6 Å². The predicted octanol–water partition coefficient (Wildman–Crippen LogP) is 2.72. The van der Waals surface area contributed by atoms with E-state index in [4.69, 9.17) is 4.74 Å². The molecule has 2 fully saturated rings. The molecule has 0 aromatic carbocycles. The Labute approximate surface area is 93.8 Å². The molecule has 2 nitrogen and oxygen atoms in total. The van der Waals surface area contributed by atoms with Crippen molar-refractivity contribution >= 4 is 0 Å². The molecule has 1 aliphatic carbocycles.